The number of nitrogens with two attached hydrogens (primary N) is 1. The van der Waals surface area contributed by atoms with E-state index in [2.05, 4.69) is 31.5 Å². The van der Waals surface area contributed by atoms with Crippen LogP contribution in [0.15, 0.2) is 31.0 Å². The molecule has 0 saturated heterocycles. The summed E-state index contributed by atoms with van der Waals surface area (Å²) in [7, 11) is 0. The summed E-state index contributed by atoms with van der Waals surface area (Å²) in [5, 5.41) is 0. The van der Waals surface area contributed by atoms with Gasteiger partial charge in [-0.1, -0.05) is 45.4 Å². The van der Waals surface area contributed by atoms with Gasteiger partial charge in [0.15, 0.2) is 0 Å². The van der Waals surface area contributed by atoms with Crippen LogP contribution in [0.1, 0.15) is 70.1 Å². The summed E-state index contributed by atoms with van der Waals surface area (Å²) >= 11 is 0. The van der Waals surface area contributed by atoms with Gasteiger partial charge in [-0.2, -0.15) is 0 Å². The van der Waals surface area contributed by atoms with Crippen LogP contribution in [0.5, 0.6) is 0 Å². The summed E-state index contributed by atoms with van der Waals surface area (Å²) in [6.07, 6.45) is 13.2. The van der Waals surface area contributed by atoms with Gasteiger partial charge in [-0.3, -0.25) is 9.78 Å². The molecule has 1 aliphatic carbocycles. The largest absolute Gasteiger partial charge is 0.397 e. The number of hydrogen-bond donors (Lipinski definition) is 1. The number of allylic oxidation sites excluding steroid dienone is 3. The smallest absolute Gasteiger partial charge is 0.141 e. The Bertz CT molecular complexity index is 662. The van der Waals surface area contributed by atoms with Crippen molar-refractivity contribution < 1.29 is 4.79 Å². The number of hydrogen-bond acceptors (Lipinski definition) is 3. The van der Waals surface area contributed by atoms with Crippen LogP contribution < -0.4 is 5.73 Å². The molecule has 0 aromatic carbocycles. The number of Topliss-reactive ketones (excluding diaryl/α,β-unsaturated/α-hetero) is 1. The Hall–Kier alpha value is -1.90. The number of pyridine rings is 1. The Morgan fingerprint density at radius 2 is 2.24 bits per heavy atom. The molecular weight excluding hydrogens is 308 g/mol. The molecule has 3 heteroatoms. The van der Waals surface area contributed by atoms with E-state index in [0.29, 0.717) is 23.9 Å². The lowest BCUT2D eigenvalue weighted by atomic mass is 9.58. The molecule has 25 heavy (non-hydrogen) atoms. The van der Waals surface area contributed by atoms with Gasteiger partial charge in [-0.05, 0) is 54.7 Å². The van der Waals surface area contributed by atoms with E-state index >= 15 is 0 Å². The Morgan fingerprint density at radius 1 is 1.48 bits per heavy atom. The van der Waals surface area contributed by atoms with Crippen molar-refractivity contribution in [2.45, 2.75) is 65.7 Å². The van der Waals surface area contributed by atoms with Crippen molar-refractivity contribution >= 4 is 17.0 Å². The Kier molecular flexibility index (Phi) is 6.57. The van der Waals surface area contributed by atoms with E-state index in [-0.39, 0.29) is 5.78 Å². The fourth-order valence-electron chi connectivity index (χ4n) is 3.67. The highest BCUT2D eigenvalue weighted by Gasteiger charge is 2.40. The molecule has 1 saturated carbocycles. The minimum Gasteiger partial charge on any atom is -0.397 e. The molecule has 0 bridgehead atoms. The molecule has 1 aliphatic rings. The zero-order valence-electron chi connectivity index (χ0n) is 16.0. The van der Waals surface area contributed by atoms with Crippen molar-refractivity contribution in [3.05, 3.63) is 42.3 Å². The molecule has 0 spiro atoms. The minimum atomic E-state index is 0.185. The Balaban J connectivity index is 1.78. The lowest BCUT2D eigenvalue weighted by molar-refractivity contribution is -0.117. The maximum Gasteiger partial charge on any atom is 0.141 e. The van der Waals surface area contributed by atoms with E-state index in [1.165, 1.54) is 25.7 Å². The van der Waals surface area contributed by atoms with Gasteiger partial charge in [0.25, 0.3) is 0 Å². The van der Waals surface area contributed by atoms with Crippen molar-refractivity contribution in [2.24, 2.45) is 11.3 Å². The first-order valence-corrected chi connectivity index (χ1v) is 9.42. The van der Waals surface area contributed by atoms with E-state index in [1.807, 2.05) is 19.1 Å². The molecule has 0 unspecified atom stereocenters. The third kappa shape index (κ3) is 5.04. The topological polar surface area (TPSA) is 56.0 Å². The average molecular weight is 341 g/mol. The van der Waals surface area contributed by atoms with Crippen molar-refractivity contribution in [3.8, 4) is 0 Å². The van der Waals surface area contributed by atoms with Crippen LogP contribution in [-0.2, 0) is 4.79 Å². The number of ketones is 1. The predicted molar refractivity (Wildman–Crippen MR) is 106 cm³/mol. The molecule has 1 heterocycles. The summed E-state index contributed by atoms with van der Waals surface area (Å²) in [4.78, 5) is 16.4. The number of rotatable bonds is 9. The standard InChI is InChI=1S/C22H32N2O/c1-5-8-19-10-12-22(19,4)11-7-6-9-20(25)13-16(2)18-14-21(23)17(3)24-15-18/h6-7,14-15,19H,2,5,8-13,23H2,1,3-4H3/b7-6+/t19-,22+/m1/s1. The van der Waals surface area contributed by atoms with Gasteiger partial charge in [0.2, 0.25) is 0 Å². The maximum absolute atomic E-state index is 12.2. The zero-order valence-corrected chi connectivity index (χ0v) is 16.0. The van der Waals surface area contributed by atoms with Crippen LogP contribution in [0.25, 0.3) is 5.57 Å². The van der Waals surface area contributed by atoms with Gasteiger partial charge >= 0.3 is 0 Å². The van der Waals surface area contributed by atoms with Gasteiger partial charge in [-0.15, -0.1) is 0 Å². The van der Waals surface area contributed by atoms with Crippen LogP contribution in [0.3, 0.4) is 0 Å². The van der Waals surface area contributed by atoms with Gasteiger partial charge in [-0.25, -0.2) is 0 Å². The summed E-state index contributed by atoms with van der Waals surface area (Å²) in [5.74, 6) is 1.04. The van der Waals surface area contributed by atoms with Crippen molar-refractivity contribution in [2.75, 3.05) is 5.73 Å². The summed E-state index contributed by atoms with van der Waals surface area (Å²) in [6.45, 7) is 10.5. The molecule has 2 atom stereocenters. The fourth-order valence-corrected chi connectivity index (χ4v) is 3.67. The number of anilines is 1. The van der Waals surface area contributed by atoms with Crippen LogP contribution in [0, 0.1) is 18.3 Å². The third-order valence-electron chi connectivity index (χ3n) is 5.73. The molecular formula is C22H32N2O. The molecule has 0 aliphatic heterocycles. The van der Waals surface area contributed by atoms with E-state index in [0.717, 1.165) is 29.2 Å². The number of nitrogen functional groups attached to an aromatic ring is 1. The van der Waals surface area contributed by atoms with Gasteiger partial charge in [0, 0.05) is 19.0 Å². The lowest BCUT2D eigenvalue weighted by Gasteiger charge is -2.47. The monoisotopic (exact) mass is 340 g/mol. The number of nitrogens with zero attached hydrogens (tertiary/aromatic N) is 1. The normalized spacial score (nSPS) is 22.8. The zero-order chi connectivity index (χ0) is 18.4. The van der Waals surface area contributed by atoms with Crippen LogP contribution in [0.4, 0.5) is 5.69 Å². The van der Waals surface area contributed by atoms with E-state index in [1.54, 1.807) is 6.20 Å². The molecule has 2 N–H and O–H groups in total. The Morgan fingerprint density at radius 3 is 2.84 bits per heavy atom. The lowest BCUT2D eigenvalue weighted by Crippen LogP contribution is -2.36. The van der Waals surface area contributed by atoms with Crippen molar-refractivity contribution in [3.63, 3.8) is 0 Å². The highest BCUT2D eigenvalue weighted by atomic mass is 16.1. The van der Waals surface area contributed by atoms with Gasteiger partial charge in [0.05, 0.1) is 11.4 Å². The second-order valence-electron chi connectivity index (χ2n) is 7.78. The molecule has 3 nitrogen and oxygen atoms in total. The highest BCUT2D eigenvalue weighted by Crippen LogP contribution is 2.51. The van der Waals surface area contributed by atoms with E-state index in [4.69, 9.17) is 5.73 Å². The summed E-state index contributed by atoms with van der Waals surface area (Å²) < 4.78 is 0. The molecule has 2 rings (SSSR count). The number of aryl methyl sites for hydroxylation is 1. The van der Waals surface area contributed by atoms with Gasteiger partial charge < -0.3 is 5.73 Å². The second kappa shape index (κ2) is 8.46. The number of aromatic nitrogens is 1. The minimum absolute atomic E-state index is 0.185. The van der Waals surface area contributed by atoms with E-state index in [9.17, 15) is 4.79 Å². The summed E-state index contributed by atoms with van der Waals surface area (Å²) in [5.41, 5.74) is 9.41. The highest BCUT2D eigenvalue weighted by molar-refractivity contribution is 5.90. The molecule has 1 fully saturated rings. The molecule has 0 radical (unpaired) electrons. The average Bonchev–Trinajstić information content (AvgIpc) is 2.57. The third-order valence-corrected chi connectivity index (χ3v) is 5.73. The quantitative estimate of drug-likeness (QED) is 0.604. The van der Waals surface area contributed by atoms with E-state index < -0.39 is 0 Å². The molecule has 136 valence electrons. The first-order chi connectivity index (χ1) is 11.9. The molecule has 1 aromatic heterocycles. The fraction of sp³-hybridized carbons (Fsp3) is 0.545. The number of carbonyl (C=O) groups is 1. The SMILES string of the molecule is C=C(CC(=O)C/C=C/C[C@@]1(C)CC[C@H]1CCC)c1cnc(C)c(N)c1. The second-order valence-corrected chi connectivity index (χ2v) is 7.78. The summed E-state index contributed by atoms with van der Waals surface area (Å²) in [6, 6.07) is 1.85. The maximum atomic E-state index is 12.2. The van der Waals surface area contributed by atoms with Crippen LogP contribution in [0.2, 0.25) is 0 Å². The molecule has 1 aromatic rings. The first kappa shape index (κ1) is 19.4. The van der Waals surface area contributed by atoms with Crippen molar-refractivity contribution in [1.82, 2.24) is 4.98 Å². The van der Waals surface area contributed by atoms with Gasteiger partial charge in [0.1, 0.15) is 5.78 Å². The van der Waals surface area contributed by atoms with Crippen molar-refractivity contribution in [1.29, 1.82) is 0 Å². The first-order valence-electron chi connectivity index (χ1n) is 9.42. The predicted octanol–water partition coefficient (Wildman–Crippen LogP) is 5.50. The van der Waals surface area contributed by atoms with Crippen LogP contribution in [-0.4, -0.2) is 10.8 Å². The van der Waals surface area contributed by atoms with Crippen LogP contribution >= 0.6 is 0 Å². The number of carbonyl (C=O) groups excluding carboxylic acids is 1. The molecule has 0 amide bonds. The Labute approximate surface area is 152 Å².